The topological polar surface area (TPSA) is 0 Å². The Balaban J connectivity index is 0.000000613. The molecule has 0 aliphatic heterocycles. The Morgan fingerprint density at radius 2 is 1.46 bits per heavy atom. The average Bonchev–Trinajstić information content (AvgIpc) is 2.98. The molecule has 1 aliphatic carbocycles. The summed E-state index contributed by atoms with van der Waals surface area (Å²) in [5, 5.41) is 2.66. The van der Waals surface area contributed by atoms with E-state index in [0.717, 1.165) is 0 Å². The number of rotatable bonds is 2. The van der Waals surface area contributed by atoms with Crippen molar-refractivity contribution in [3.05, 3.63) is 77.4 Å². The van der Waals surface area contributed by atoms with E-state index in [1.807, 2.05) is 0 Å². The van der Waals surface area contributed by atoms with Crippen molar-refractivity contribution in [1.82, 2.24) is 0 Å². The van der Waals surface area contributed by atoms with Crippen molar-refractivity contribution in [2.75, 3.05) is 0 Å². The van der Waals surface area contributed by atoms with Crippen molar-refractivity contribution in [1.29, 1.82) is 0 Å². The normalized spacial score (nSPS) is 15.3. The molecule has 0 spiro atoms. The van der Waals surface area contributed by atoms with E-state index < -0.39 is 29.6 Å². The minimum atomic E-state index is -0.826. The second kappa shape index (κ2) is 9.02. The monoisotopic (exact) mass is 474 g/mol. The summed E-state index contributed by atoms with van der Waals surface area (Å²) in [6, 6.07) is 22.2. The molecule has 0 saturated carbocycles. The molecule has 0 nitrogen and oxygen atoms in total. The zero-order chi connectivity index (χ0) is 18.7. The first-order valence-electron chi connectivity index (χ1n) is 8.84. The number of hydrogen-bond acceptors (Lipinski definition) is 0. The summed E-state index contributed by atoms with van der Waals surface area (Å²) in [6.07, 6.45) is 2.43. The Labute approximate surface area is 176 Å². The summed E-state index contributed by atoms with van der Waals surface area (Å²) in [4.78, 5) is 0. The van der Waals surface area contributed by atoms with E-state index in [9.17, 15) is 0 Å². The fraction of sp³-hybridized carbons (Fsp3) is 0.182. The van der Waals surface area contributed by atoms with Crippen molar-refractivity contribution >= 4 is 42.7 Å². The molecular weight excluding hydrogens is 454 g/mol. The van der Waals surface area contributed by atoms with Crippen molar-refractivity contribution in [3.63, 3.8) is 0 Å². The Bertz CT molecular complexity index is 945. The van der Waals surface area contributed by atoms with Gasteiger partial charge in [0.15, 0.2) is 0 Å². The van der Waals surface area contributed by atoms with Crippen LogP contribution in [0.4, 0.5) is 0 Å². The van der Waals surface area contributed by atoms with Crippen LogP contribution in [0.2, 0.25) is 13.1 Å². The minimum absolute atomic E-state index is 0.694. The standard InChI is InChI=1S/C22H22Si.2ClH.Zr/c1-15-14-21-19(12-7-13-20(21)22(15)23(2)3)18-11-6-9-16-8-4-5-10-17(16)18;;;/h4-14,22-23H,1-3H3;2*1H;/q;;;+2/p-2. The fourth-order valence-corrected chi connectivity index (χ4v) is 6.31. The summed E-state index contributed by atoms with van der Waals surface area (Å²) in [7, 11) is 9.12. The molecule has 0 amide bonds. The first-order valence-corrected chi connectivity index (χ1v) is 18.1. The predicted molar refractivity (Wildman–Crippen MR) is 116 cm³/mol. The molecular formula is C22H22Cl2SiZr. The maximum absolute atomic E-state index is 4.93. The van der Waals surface area contributed by atoms with Crippen LogP contribution in [0.5, 0.6) is 0 Å². The molecule has 0 bridgehead atoms. The van der Waals surface area contributed by atoms with E-state index in [4.69, 9.17) is 17.0 Å². The van der Waals surface area contributed by atoms with Gasteiger partial charge in [-0.2, -0.15) is 0 Å². The van der Waals surface area contributed by atoms with E-state index in [1.165, 1.54) is 27.5 Å². The molecule has 1 aliphatic rings. The quantitative estimate of drug-likeness (QED) is 0.338. The third kappa shape index (κ3) is 3.94. The van der Waals surface area contributed by atoms with Crippen molar-refractivity contribution < 1.29 is 20.8 Å². The SMILES string of the molecule is CC1=Cc2c(-c3cccc4ccccc34)cccc2C1[SiH](C)C.[Cl][Zr][Cl]. The predicted octanol–water partition coefficient (Wildman–Crippen LogP) is 7.41. The Hall–Kier alpha value is -0.660. The van der Waals surface area contributed by atoms with Gasteiger partial charge in [0.1, 0.15) is 0 Å². The molecule has 3 aromatic rings. The van der Waals surface area contributed by atoms with Gasteiger partial charge in [-0.25, -0.2) is 0 Å². The van der Waals surface area contributed by atoms with Crippen molar-refractivity contribution in [2.45, 2.75) is 25.6 Å². The van der Waals surface area contributed by atoms with Crippen LogP contribution in [0.25, 0.3) is 28.0 Å². The van der Waals surface area contributed by atoms with E-state index in [-0.39, 0.29) is 0 Å². The third-order valence-electron chi connectivity index (χ3n) is 5.08. The van der Waals surface area contributed by atoms with Gasteiger partial charge in [0, 0.05) is 8.80 Å². The number of fused-ring (bicyclic) bond motifs is 2. The molecule has 132 valence electrons. The molecule has 0 heterocycles. The number of halogens is 2. The summed E-state index contributed by atoms with van der Waals surface area (Å²) in [6.45, 7) is 7.23. The molecule has 0 saturated heterocycles. The van der Waals surface area contributed by atoms with Gasteiger partial charge in [0.05, 0.1) is 0 Å². The molecule has 0 fully saturated rings. The van der Waals surface area contributed by atoms with Gasteiger partial charge in [-0.3, -0.25) is 0 Å². The maximum atomic E-state index is 4.93. The summed E-state index contributed by atoms with van der Waals surface area (Å²) < 4.78 is 0. The molecule has 0 aromatic heterocycles. The number of hydrogen-bond donors (Lipinski definition) is 0. The third-order valence-corrected chi connectivity index (χ3v) is 7.30. The first kappa shape index (κ1) is 20.1. The molecule has 3 aromatic carbocycles. The molecule has 1 unspecified atom stereocenters. The number of benzene rings is 3. The summed E-state index contributed by atoms with van der Waals surface area (Å²) in [5.41, 5.74) is 7.99. The second-order valence-electron chi connectivity index (χ2n) is 7.02. The zero-order valence-electron chi connectivity index (χ0n) is 15.3. The zero-order valence-corrected chi connectivity index (χ0v) is 20.4. The average molecular weight is 477 g/mol. The molecule has 26 heavy (non-hydrogen) atoms. The van der Waals surface area contributed by atoms with E-state index >= 15 is 0 Å². The van der Waals surface area contributed by atoms with Gasteiger partial charge < -0.3 is 0 Å². The number of allylic oxidation sites excluding steroid dienone is 1. The molecule has 4 rings (SSSR count). The van der Waals surface area contributed by atoms with Crippen LogP contribution < -0.4 is 0 Å². The van der Waals surface area contributed by atoms with E-state index in [0.29, 0.717) is 5.54 Å². The van der Waals surface area contributed by atoms with Gasteiger partial charge in [-0.05, 0) is 45.5 Å². The van der Waals surface area contributed by atoms with Gasteiger partial charge in [-0.15, -0.1) is 0 Å². The Kier molecular flexibility index (Phi) is 6.97. The van der Waals surface area contributed by atoms with Gasteiger partial charge in [0.2, 0.25) is 0 Å². The molecule has 4 heteroatoms. The Morgan fingerprint density at radius 3 is 2.19 bits per heavy atom. The summed E-state index contributed by atoms with van der Waals surface area (Å²) >= 11 is -0.826. The first-order chi connectivity index (χ1) is 12.6. The van der Waals surface area contributed by atoms with Crippen LogP contribution in [0.3, 0.4) is 0 Å². The van der Waals surface area contributed by atoms with Crippen LogP contribution in [-0.2, 0) is 20.8 Å². The van der Waals surface area contributed by atoms with Crippen molar-refractivity contribution in [2.24, 2.45) is 0 Å². The van der Waals surface area contributed by atoms with Gasteiger partial charge in [0.25, 0.3) is 0 Å². The fourth-order valence-electron chi connectivity index (χ4n) is 4.16. The van der Waals surface area contributed by atoms with E-state index in [2.05, 4.69) is 86.8 Å². The van der Waals surface area contributed by atoms with E-state index in [1.54, 1.807) is 11.1 Å². The van der Waals surface area contributed by atoms with Crippen LogP contribution in [-0.4, -0.2) is 8.80 Å². The summed E-state index contributed by atoms with van der Waals surface area (Å²) in [5.74, 6) is 0. The second-order valence-corrected chi connectivity index (χ2v) is 13.9. The van der Waals surface area contributed by atoms with Crippen LogP contribution >= 0.6 is 17.0 Å². The Morgan fingerprint density at radius 1 is 0.846 bits per heavy atom. The van der Waals surface area contributed by atoms with Gasteiger partial charge in [-0.1, -0.05) is 85.4 Å². The van der Waals surface area contributed by atoms with Crippen LogP contribution in [0, 0.1) is 0 Å². The van der Waals surface area contributed by atoms with Crippen LogP contribution in [0.15, 0.2) is 66.2 Å². The molecule has 0 radical (unpaired) electrons. The van der Waals surface area contributed by atoms with Crippen molar-refractivity contribution in [3.8, 4) is 11.1 Å². The molecule has 0 N–H and O–H groups in total. The molecule has 1 atom stereocenters. The van der Waals surface area contributed by atoms with Gasteiger partial charge >= 0.3 is 37.9 Å². The van der Waals surface area contributed by atoms with Crippen LogP contribution in [0.1, 0.15) is 23.6 Å².